The van der Waals surface area contributed by atoms with Gasteiger partial charge in [0.05, 0.1) is 0 Å². The highest BCUT2D eigenvalue weighted by Crippen LogP contribution is 2.33. The van der Waals surface area contributed by atoms with Crippen LogP contribution in [0, 0.1) is 5.92 Å². The normalized spacial score (nSPS) is 15.3. The second-order valence-electron chi connectivity index (χ2n) is 5.98. The molecule has 1 aromatic carbocycles. The van der Waals surface area contributed by atoms with E-state index in [0.717, 1.165) is 24.4 Å². The Kier molecular flexibility index (Phi) is 5.02. The standard InChI is InChI=1S/C17H22N4O2/c22-11-10-15(13-6-7-13)19-17(23)9-8-16-20-18-12-21(16)14-4-2-1-3-5-14/h1-5,12-13,15,22H,6-11H2,(H,19,23). The number of carbonyl (C=O) groups is 1. The molecule has 1 aromatic heterocycles. The first-order valence-electron chi connectivity index (χ1n) is 8.12. The Bertz CT molecular complexity index is 637. The fourth-order valence-corrected chi connectivity index (χ4v) is 2.80. The van der Waals surface area contributed by atoms with Gasteiger partial charge in [0.2, 0.25) is 5.91 Å². The van der Waals surface area contributed by atoms with Crippen LogP contribution in [0.25, 0.3) is 5.69 Å². The van der Waals surface area contributed by atoms with Crippen molar-refractivity contribution in [3.8, 4) is 5.69 Å². The van der Waals surface area contributed by atoms with Crippen molar-refractivity contribution in [2.24, 2.45) is 5.92 Å². The molecule has 0 aliphatic heterocycles. The summed E-state index contributed by atoms with van der Waals surface area (Å²) in [4.78, 5) is 12.2. The average molecular weight is 314 g/mol. The predicted octanol–water partition coefficient (Wildman–Crippen LogP) is 1.48. The molecule has 0 spiro atoms. The minimum absolute atomic E-state index is 0.0120. The highest BCUT2D eigenvalue weighted by molar-refractivity contribution is 5.76. The third-order valence-corrected chi connectivity index (χ3v) is 4.21. The summed E-state index contributed by atoms with van der Waals surface area (Å²) in [5.41, 5.74) is 0.990. The van der Waals surface area contributed by atoms with Crippen LogP contribution in [0.15, 0.2) is 36.7 Å². The molecule has 3 rings (SSSR count). The van der Waals surface area contributed by atoms with Gasteiger partial charge >= 0.3 is 0 Å². The zero-order chi connectivity index (χ0) is 16.1. The van der Waals surface area contributed by atoms with Gasteiger partial charge in [0.15, 0.2) is 0 Å². The molecule has 122 valence electrons. The summed E-state index contributed by atoms with van der Waals surface area (Å²) in [6.45, 7) is 0.115. The largest absolute Gasteiger partial charge is 0.396 e. The van der Waals surface area contributed by atoms with E-state index in [1.54, 1.807) is 6.33 Å². The van der Waals surface area contributed by atoms with Crippen LogP contribution in [-0.4, -0.2) is 38.4 Å². The van der Waals surface area contributed by atoms with Crippen molar-refractivity contribution in [2.75, 3.05) is 6.61 Å². The lowest BCUT2D eigenvalue weighted by atomic mass is 10.1. The van der Waals surface area contributed by atoms with Crippen LogP contribution in [0.2, 0.25) is 0 Å². The van der Waals surface area contributed by atoms with Crippen LogP contribution >= 0.6 is 0 Å². The first kappa shape index (κ1) is 15.7. The van der Waals surface area contributed by atoms with E-state index in [1.807, 2.05) is 34.9 Å². The molecule has 0 radical (unpaired) electrons. The molecule has 23 heavy (non-hydrogen) atoms. The van der Waals surface area contributed by atoms with Crippen molar-refractivity contribution < 1.29 is 9.90 Å². The van der Waals surface area contributed by atoms with Gasteiger partial charge < -0.3 is 10.4 Å². The Labute approximate surface area is 135 Å². The molecule has 1 aliphatic carbocycles. The molecule has 0 bridgehead atoms. The van der Waals surface area contributed by atoms with Crippen molar-refractivity contribution in [2.45, 2.75) is 38.1 Å². The molecule has 6 heteroatoms. The van der Waals surface area contributed by atoms with E-state index in [1.165, 1.54) is 0 Å². The Hall–Kier alpha value is -2.21. The molecule has 1 atom stereocenters. The van der Waals surface area contributed by atoms with E-state index in [4.69, 9.17) is 5.11 Å². The third-order valence-electron chi connectivity index (χ3n) is 4.21. The van der Waals surface area contributed by atoms with Crippen molar-refractivity contribution >= 4 is 5.91 Å². The number of hydrogen-bond donors (Lipinski definition) is 2. The van der Waals surface area contributed by atoms with Gasteiger partial charge in [-0.15, -0.1) is 10.2 Å². The van der Waals surface area contributed by atoms with E-state index < -0.39 is 0 Å². The fraction of sp³-hybridized carbons (Fsp3) is 0.471. The number of nitrogens with one attached hydrogen (secondary N) is 1. The Morgan fingerprint density at radius 3 is 2.83 bits per heavy atom. The summed E-state index contributed by atoms with van der Waals surface area (Å²) < 4.78 is 1.90. The third kappa shape index (κ3) is 4.16. The Morgan fingerprint density at radius 2 is 2.13 bits per heavy atom. The lowest BCUT2D eigenvalue weighted by molar-refractivity contribution is -0.122. The lowest BCUT2D eigenvalue weighted by Gasteiger charge is -2.17. The van der Waals surface area contributed by atoms with Crippen molar-refractivity contribution in [1.29, 1.82) is 0 Å². The molecule has 6 nitrogen and oxygen atoms in total. The minimum atomic E-state index is 0.0120. The topological polar surface area (TPSA) is 80.0 Å². The molecule has 1 amide bonds. The van der Waals surface area contributed by atoms with Gasteiger partial charge in [-0.2, -0.15) is 0 Å². The van der Waals surface area contributed by atoms with E-state index in [2.05, 4.69) is 15.5 Å². The van der Waals surface area contributed by atoms with Gasteiger partial charge in [-0.05, 0) is 37.3 Å². The maximum atomic E-state index is 12.2. The molecular weight excluding hydrogens is 292 g/mol. The number of nitrogens with zero attached hydrogens (tertiary/aromatic N) is 3. The number of rotatable bonds is 8. The monoisotopic (exact) mass is 314 g/mol. The number of benzene rings is 1. The molecule has 1 saturated carbocycles. The van der Waals surface area contributed by atoms with E-state index in [-0.39, 0.29) is 18.6 Å². The van der Waals surface area contributed by atoms with Crippen LogP contribution in [0.3, 0.4) is 0 Å². The second-order valence-corrected chi connectivity index (χ2v) is 5.98. The summed E-state index contributed by atoms with van der Waals surface area (Å²) in [5.74, 6) is 1.33. The number of para-hydroxylation sites is 1. The maximum absolute atomic E-state index is 12.2. The number of aliphatic hydroxyl groups excluding tert-OH is 1. The first-order valence-corrected chi connectivity index (χ1v) is 8.12. The number of amides is 1. The van der Waals surface area contributed by atoms with E-state index in [0.29, 0.717) is 25.2 Å². The molecule has 1 unspecified atom stereocenters. The van der Waals surface area contributed by atoms with Crippen molar-refractivity contribution in [3.05, 3.63) is 42.5 Å². The van der Waals surface area contributed by atoms with Crippen molar-refractivity contribution in [3.63, 3.8) is 0 Å². The summed E-state index contributed by atoms with van der Waals surface area (Å²) >= 11 is 0. The van der Waals surface area contributed by atoms with Gasteiger partial charge in [-0.1, -0.05) is 18.2 Å². The van der Waals surface area contributed by atoms with Crippen LogP contribution < -0.4 is 5.32 Å². The summed E-state index contributed by atoms with van der Waals surface area (Å²) in [7, 11) is 0. The van der Waals surface area contributed by atoms with Gasteiger partial charge in [0, 0.05) is 31.2 Å². The molecule has 0 saturated heterocycles. The Morgan fingerprint density at radius 1 is 1.35 bits per heavy atom. The highest BCUT2D eigenvalue weighted by Gasteiger charge is 2.31. The van der Waals surface area contributed by atoms with Crippen LogP contribution in [0.1, 0.15) is 31.5 Å². The molecule has 1 aliphatic rings. The van der Waals surface area contributed by atoms with Gasteiger partial charge in [0.25, 0.3) is 0 Å². The summed E-state index contributed by atoms with van der Waals surface area (Å²) in [6, 6.07) is 9.95. The second kappa shape index (κ2) is 7.37. The first-order chi connectivity index (χ1) is 11.3. The lowest BCUT2D eigenvalue weighted by Crippen LogP contribution is -2.37. The van der Waals surface area contributed by atoms with E-state index in [9.17, 15) is 4.79 Å². The minimum Gasteiger partial charge on any atom is -0.396 e. The number of aliphatic hydroxyl groups is 1. The average Bonchev–Trinajstić information content (AvgIpc) is 3.31. The number of aromatic nitrogens is 3. The molecule has 1 heterocycles. The number of aryl methyl sites for hydroxylation is 1. The molecule has 2 N–H and O–H groups in total. The van der Waals surface area contributed by atoms with Crippen LogP contribution in [0.4, 0.5) is 0 Å². The molecule has 2 aromatic rings. The zero-order valence-corrected chi connectivity index (χ0v) is 13.1. The Balaban J connectivity index is 1.56. The smallest absolute Gasteiger partial charge is 0.220 e. The van der Waals surface area contributed by atoms with Gasteiger partial charge in [-0.25, -0.2) is 0 Å². The predicted molar refractivity (Wildman–Crippen MR) is 86.0 cm³/mol. The van der Waals surface area contributed by atoms with Gasteiger partial charge in [-0.3, -0.25) is 9.36 Å². The van der Waals surface area contributed by atoms with E-state index >= 15 is 0 Å². The fourth-order valence-electron chi connectivity index (χ4n) is 2.80. The zero-order valence-electron chi connectivity index (χ0n) is 13.1. The summed E-state index contributed by atoms with van der Waals surface area (Å²) in [6.07, 6.45) is 5.51. The number of carbonyl (C=O) groups excluding carboxylic acids is 1. The molecular formula is C17H22N4O2. The quantitative estimate of drug-likeness (QED) is 0.773. The summed E-state index contributed by atoms with van der Waals surface area (Å²) in [5, 5.41) is 20.2. The molecule has 1 fully saturated rings. The van der Waals surface area contributed by atoms with Crippen LogP contribution in [0.5, 0.6) is 0 Å². The van der Waals surface area contributed by atoms with Crippen LogP contribution in [-0.2, 0) is 11.2 Å². The number of hydrogen-bond acceptors (Lipinski definition) is 4. The van der Waals surface area contributed by atoms with Gasteiger partial charge in [0.1, 0.15) is 12.2 Å². The van der Waals surface area contributed by atoms with Crippen molar-refractivity contribution in [1.82, 2.24) is 20.1 Å². The maximum Gasteiger partial charge on any atom is 0.220 e. The SMILES string of the molecule is O=C(CCc1nncn1-c1ccccc1)NC(CCO)C1CC1. The highest BCUT2D eigenvalue weighted by atomic mass is 16.3.